The Morgan fingerprint density at radius 3 is 2.80 bits per heavy atom. The molecule has 0 saturated carbocycles. The lowest BCUT2D eigenvalue weighted by Gasteiger charge is -2.38. The Hall–Kier alpha value is -1.72. The highest BCUT2D eigenvalue weighted by molar-refractivity contribution is 7.13. The van der Waals surface area contributed by atoms with E-state index in [-0.39, 0.29) is 6.42 Å². The molecule has 2 aromatic rings. The number of hydrogen-bond acceptors (Lipinski definition) is 4. The van der Waals surface area contributed by atoms with Crippen molar-refractivity contribution in [1.82, 2.24) is 9.88 Å². The van der Waals surface area contributed by atoms with Crippen LogP contribution in [0.5, 0.6) is 0 Å². The van der Waals surface area contributed by atoms with Crippen LogP contribution in [-0.4, -0.2) is 34.0 Å². The van der Waals surface area contributed by atoms with Gasteiger partial charge in [0.15, 0.2) is 0 Å². The normalized spacial score (nSPS) is 16.0. The lowest BCUT2D eigenvalue weighted by atomic mass is 9.96. The van der Waals surface area contributed by atoms with Gasteiger partial charge in [-0.25, -0.2) is 4.98 Å². The summed E-state index contributed by atoms with van der Waals surface area (Å²) in [5, 5.41) is 11.9. The zero-order chi connectivity index (χ0) is 13.9. The summed E-state index contributed by atoms with van der Waals surface area (Å²) in [6, 6.07) is 10.2. The number of thiazole rings is 1. The predicted octanol–water partition coefficient (Wildman–Crippen LogP) is 2.72. The van der Waals surface area contributed by atoms with E-state index in [1.165, 1.54) is 0 Å². The molecule has 1 N–H and O–H groups in total. The zero-order valence-electron chi connectivity index (χ0n) is 11.0. The molecule has 3 rings (SSSR count). The van der Waals surface area contributed by atoms with E-state index < -0.39 is 5.97 Å². The van der Waals surface area contributed by atoms with Crippen LogP contribution >= 0.6 is 11.3 Å². The third-order valence-corrected chi connectivity index (χ3v) is 4.39. The standard InChI is InChI=1S/C15H16N2O2S/c18-14(19)6-11-7-17(8-11)9-13-10-20-15(16-13)12-4-2-1-3-5-12/h1-5,10-11H,6-9H2,(H,18,19). The van der Waals surface area contributed by atoms with E-state index in [0.717, 1.165) is 35.9 Å². The number of benzene rings is 1. The molecule has 2 heterocycles. The van der Waals surface area contributed by atoms with E-state index in [1.54, 1.807) is 11.3 Å². The second-order valence-electron chi connectivity index (χ2n) is 5.17. The van der Waals surface area contributed by atoms with Crippen LogP contribution < -0.4 is 0 Å². The highest BCUT2D eigenvalue weighted by Crippen LogP contribution is 2.26. The van der Waals surface area contributed by atoms with Crippen LogP contribution in [0.2, 0.25) is 0 Å². The third kappa shape index (κ3) is 3.05. The van der Waals surface area contributed by atoms with Gasteiger partial charge in [0.1, 0.15) is 5.01 Å². The van der Waals surface area contributed by atoms with E-state index in [1.807, 2.05) is 18.2 Å². The number of carboxylic acids is 1. The van der Waals surface area contributed by atoms with E-state index in [9.17, 15) is 4.79 Å². The fraction of sp³-hybridized carbons (Fsp3) is 0.333. The Morgan fingerprint density at radius 2 is 2.10 bits per heavy atom. The fourth-order valence-corrected chi connectivity index (χ4v) is 3.32. The smallest absolute Gasteiger partial charge is 0.303 e. The number of likely N-dealkylation sites (tertiary alicyclic amines) is 1. The molecule has 1 saturated heterocycles. The summed E-state index contributed by atoms with van der Waals surface area (Å²) in [4.78, 5) is 17.5. The predicted molar refractivity (Wildman–Crippen MR) is 78.6 cm³/mol. The number of hydrogen-bond donors (Lipinski definition) is 1. The van der Waals surface area contributed by atoms with Gasteiger partial charge in [0.2, 0.25) is 0 Å². The van der Waals surface area contributed by atoms with Gasteiger partial charge < -0.3 is 5.11 Å². The first-order valence-corrected chi connectivity index (χ1v) is 7.52. The molecule has 0 unspecified atom stereocenters. The van der Waals surface area contributed by atoms with Crippen molar-refractivity contribution in [2.75, 3.05) is 13.1 Å². The number of aromatic nitrogens is 1. The van der Waals surface area contributed by atoms with Crippen molar-refractivity contribution >= 4 is 17.3 Å². The number of nitrogens with zero attached hydrogens (tertiary/aromatic N) is 2. The lowest BCUT2D eigenvalue weighted by Crippen LogP contribution is -2.46. The molecule has 1 aromatic heterocycles. The Bertz CT molecular complexity index is 591. The van der Waals surface area contributed by atoms with Gasteiger partial charge in [0.05, 0.1) is 12.1 Å². The minimum absolute atomic E-state index is 0.281. The van der Waals surface area contributed by atoms with E-state index in [0.29, 0.717) is 5.92 Å². The van der Waals surface area contributed by atoms with Crippen molar-refractivity contribution in [3.8, 4) is 10.6 Å². The second-order valence-corrected chi connectivity index (χ2v) is 6.03. The van der Waals surface area contributed by atoms with Gasteiger partial charge in [-0.3, -0.25) is 9.69 Å². The molecular weight excluding hydrogens is 272 g/mol. The molecule has 1 aliphatic heterocycles. The summed E-state index contributed by atoms with van der Waals surface area (Å²) in [5.41, 5.74) is 2.22. The summed E-state index contributed by atoms with van der Waals surface area (Å²) in [7, 11) is 0. The van der Waals surface area contributed by atoms with Crippen molar-refractivity contribution in [2.45, 2.75) is 13.0 Å². The molecule has 0 amide bonds. The lowest BCUT2D eigenvalue weighted by molar-refractivity contribution is -0.139. The minimum Gasteiger partial charge on any atom is -0.481 e. The van der Waals surface area contributed by atoms with E-state index >= 15 is 0 Å². The average molecular weight is 288 g/mol. The molecule has 1 aliphatic rings. The first-order chi connectivity index (χ1) is 9.70. The highest BCUT2D eigenvalue weighted by Gasteiger charge is 2.28. The van der Waals surface area contributed by atoms with Crippen LogP contribution in [0.25, 0.3) is 10.6 Å². The first kappa shape index (κ1) is 13.3. The van der Waals surface area contributed by atoms with Crippen LogP contribution in [0.4, 0.5) is 0 Å². The quantitative estimate of drug-likeness (QED) is 0.919. The monoisotopic (exact) mass is 288 g/mol. The molecule has 0 aliphatic carbocycles. The van der Waals surface area contributed by atoms with Crippen LogP contribution in [0.15, 0.2) is 35.7 Å². The summed E-state index contributed by atoms with van der Waals surface area (Å²) >= 11 is 1.66. The van der Waals surface area contributed by atoms with Crippen LogP contribution in [0.1, 0.15) is 12.1 Å². The SMILES string of the molecule is O=C(O)CC1CN(Cc2csc(-c3ccccc3)n2)C1. The van der Waals surface area contributed by atoms with E-state index in [2.05, 4.69) is 27.4 Å². The van der Waals surface area contributed by atoms with Gasteiger partial charge in [0, 0.05) is 30.6 Å². The third-order valence-electron chi connectivity index (χ3n) is 3.45. The van der Waals surface area contributed by atoms with E-state index in [4.69, 9.17) is 5.11 Å². The van der Waals surface area contributed by atoms with Gasteiger partial charge in [-0.1, -0.05) is 30.3 Å². The second kappa shape index (κ2) is 5.73. The molecule has 20 heavy (non-hydrogen) atoms. The van der Waals surface area contributed by atoms with Crippen molar-refractivity contribution in [3.63, 3.8) is 0 Å². The van der Waals surface area contributed by atoms with Crippen molar-refractivity contribution in [2.24, 2.45) is 5.92 Å². The Balaban J connectivity index is 1.56. The van der Waals surface area contributed by atoms with Crippen LogP contribution in [0.3, 0.4) is 0 Å². The fourth-order valence-electron chi connectivity index (χ4n) is 2.50. The molecule has 104 valence electrons. The molecule has 1 fully saturated rings. The Labute approximate surface area is 121 Å². The van der Waals surface area contributed by atoms with Crippen molar-refractivity contribution in [1.29, 1.82) is 0 Å². The number of rotatable bonds is 5. The molecule has 5 heteroatoms. The van der Waals surface area contributed by atoms with Crippen molar-refractivity contribution in [3.05, 3.63) is 41.4 Å². The summed E-state index contributed by atoms with van der Waals surface area (Å²) in [5.74, 6) is -0.394. The Kier molecular flexibility index (Phi) is 3.80. The molecule has 1 aromatic carbocycles. The minimum atomic E-state index is -0.699. The molecule has 0 bridgehead atoms. The molecular formula is C15H16N2O2S. The maximum Gasteiger partial charge on any atom is 0.303 e. The first-order valence-electron chi connectivity index (χ1n) is 6.64. The zero-order valence-corrected chi connectivity index (χ0v) is 11.8. The molecule has 0 atom stereocenters. The van der Waals surface area contributed by atoms with Gasteiger partial charge in [-0.2, -0.15) is 0 Å². The largest absolute Gasteiger partial charge is 0.481 e. The topological polar surface area (TPSA) is 53.4 Å². The Morgan fingerprint density at radius 1 is 1.35 bits per heavy atom. The maximum absolute atomic E-state index is 10.6. The van der Waals surface area contributed by atoms with Crippen molar-refractivity contribution < 1.29 is 9.90 Å². The van der Waals surface area contributed by atoms with Crippen LogP contribution in [-0.2, 0) is 11.3 Å². The number of carboxylic acid groups (broad SMARTS) is 1. The summed E-state index contributed by atoms with van der Waals surface area (Å²) in [6.45, 7) is 2.55. The molecule has 0 radical (unpaired) electrons. The number of aliphatic carboxylic acids is 1. The van der Waals surface area contributed by atoms with Crippen LogP contribution in [0, 0.1) is 5.92 Å². The summed E-state index contributed by atoms with van der Waals surface area (Å²) in [6.07, 6.45) is 0.281. The average Bonchev–Trinajstić information content (AvgIpc) is 2.85. The molecule has 0 spiro atoms. The highest BCUT2D eigenvalue weighted by atomic mass is 32.1. The van der Waals surface area contributed by atoms with Gasteiger partial charge >= 0.3 is 5.97 Å². The number of carbonyl (C=O) groups is 1. The van der Waals surface area contributed by atoms with Gasteiger partial charge in [-0.15, -0.1) is 11.3 Å². The molecule has 4 nitrogen and oxygen atoms in total. The van der Waals surface area contributed by atoms with Gasteiger partial charge in [-0.05, 0) is 5.92 Å². The summed E-state index contributed by atoms with van der Waals surface area (Å²) < 4.78 is 0. The van der Waals surface area contributed by atoms with Gasteiger partial charge in [0.25, 0.3) is 0 Å². The maximum atomic E-state index is 10.6.